The van der Waals surface area contributed by atoms with Crippen molar-refractivity contribution in [2.24, 2.45) is 5.41 Å². The summed E-state index contributed by atoms with van der Waals surface area (Å²) in [5.41, 5.74) is 0.682. The maximum absolute atomic E-state index is 13.6. The van der Waals surface area contributed by atoms with Crippen LogP contribution in [0.15, 0.2) is 41.4 Å². The van der Waals surface area contributed by atoms with Crippen LogP contribution in [0.4, 0.5) is 0 Å². The molecule has 2 atom stereocenters. The van der Waals surface area contributed by atoms with Crippen molar-refractivity contribution in [1.82, 2.24) is 19.3 Å². The molecule has 3 aromatic rings. The molecule has 0 unspecified atom stereocenters. The van der Waals surface area contributed by atoms with Gasteiger partial charge in [-0.1, -0.05) is 24.3 Å². The average molecular weight is 561 g/mol. The van der Waals surface area contributed by atoms with Crippen molar-refractivity contribution in [3.8, 4) is 5.75 Å². The van der Waals surface area contributed by atoms with Gasteiger partial charge in [-0.25, -0.2) is 8.42 Å². The van der Waals surface area contributed by atoms with E-state index in [1.807, 2.05) is 33.0 Å². The van der Waals surface area contributed by atoms with Crippen LogP contribution in [0.25, 0.3) is 0 Å². The summed E-state index contributed by atoms with van der Waals surface area (Å²) < 4.78 is 36.6. The lowest BCUT2D eigenvalue weighted by Gasteiger charge is -2.29. The molecule has 9 nitrogen and oxygen atoms in total. The minimum atomic E-state index is -3.78. The van der Waals surface area contributed by atoms with Crippen LogP contribution in [0.1, 0.15) is 67.5 Å². The zero-order chi connectivity index (χ0) is 27.7. The topological polar surface area (TPSA) is 115 Å². The van der Waals surface area contributed by atoms with Gasteiger partial charge in [-0.3, -0.25) is 9.48 Å². The number of fused-ring (bicyclic) bond motifs is 1. The third-order valence-electron chi connectivity index (χ3n) is 7.37. The molecular formula is C27H36N4O5S2. The van der Waals surface area contributed by atoms with Crippen molar-refractivity contribution in [2.75, 3.05) is 6.54 Å². The Hall–Kier alpha value is -2.76. The van der Waals surface area contributed by atoms with Gasteiger partial charge in [0.05, 0.1) is 17.7 Å². The lowest BCUT2D eigenvalue weighted by molar-refractivity contribution is -0.148. The molecule has 1 aromatic carbocycles. The molecule has 0 saturated carbocycles. The SMILES string of the molecule is CC[C@@H]1CN(Cc2cc([C@@H](CCc3cn(CC)nn3)C(C)(C)C(=O)O)sc2C)S(=O)(=O)c2ccccc2O1. The summed E-state index contributed by atoms with van der Waals surface area (Å²) in [7, 11) is -3.78. The van der Waals surface area contributed by atoms with Crippen LogP contribution in [0.5, 0.6) is 5.75 Å². The third-order valence-corrected chi connectivity index (χ3v) is 10.4. The van der Waals surface area contributed by atoms with Crippen LogP contribution in [0.2, 0.25) is 0 Å². The Morgan fingerprint density at radius 2 is 2.03 bits per heavy atom. The van der Waals surface area contributed by atoms with Gasteiger partial charge < -0.3 is 9.84 Å². The standard InChI is InChI=1S/C27H36N4O5S2/c1-6-21-17-31(38(34,35)25-11-9-8-10-23(25)36-21)15-19-14-24(37-18(19)3)22(27(4,5)26(32)33)13-12-20-16-30(7-2)29-28-20/h8-11,14,16,21-22H,6-7,12-13,15,17H2,1-5H3,(H,32,33)/t21-,22-/m1/s1. The van der Waals surface area contributed by atoms with Crippen LogP contribution in [-0.2, 0) is 34.3 Å². The summed E-state index contributed by atoms with van der Waals surface area (Å²) in [6.07, 6.45) is 3.49. The van der Waals surface area contributed by atoms with Gasteiger partial charge in [0, 0.05) is 35.0 Å². The number of carbonyl (C=O) groups is 1. The minimum absolute atomic E-state index is 0.175. The molecule has 0 amide bonds. The maximum Gasteiger partial charge on any atom is 0.309 e. The predicted octanol–water partition coefficient (Wildman–Crippen LogP) is 4.86. The number of hydrogen-bond donors (Lipinski definition) is 1. The summed E-state index contributed by atoms with van der Waals surface area (Å²) in [5, 5.41) is 18.4. The van der Waals surface area contributed by atoms with Gasteiger partial charge in [-0.15, -0.1) is 16.4 Å². The van der Waals surface area contributed by atoms with Crippen LogP contribution >= 0.6 is 11.3 Å². The zero-order valence-electron chi connectivity index (χ0n) is 22.5. The fourth-order valence-corrected chi connectivity index (χ4v) is 7.71. The Labute approximate surface area is 228 Å². The van der Waals surface area contributed by atoms with Gasteiger partial charge in [-0.05, 0) is 70.7 Å². The van der Waals surface area contributed by atoms with E-state index >= 15 is 0 Å². The van der Waals surface area contributed by atoms with Crippen LogP contribution in [-0.4, -0.2) is 51.4 Å². The first-order chi connectivity index (χ1) is 18.0. The van der Waals surface area contributed by atoms with E-state index in [1.54, 1.807) is 54.1 Å². The number of carboxylic acid groups (broad SMARTS) is 1. The molecule has 1 N–H and O–H groups in total. The summed E-state index contributed by atoms with van der Waals surface area (Å²) in [6, 6.07) is 8.76. The molecule has 0 bridgehead atoms. The molecule has 1 aliphatic heterocycles. The molecule has 11 heteroatoms. The number of para-hydroxylation sites is 1. The Balaban J connectivity index is 1.64. The molecule has 4 rings (SSSR count). The molecule has 0 saturated heterocycles. The van der Waals surface area contributed by atoms with E-state index in [1.165, 1.54) is 4.31 Å². The first-order valence-electron chi connectivity index (χ1n) is 12.9. The summed E-state index contributed by atoms with van der Waals surface area (Å²) in [4.78, 5) is 14.4. The Bertz CT molecular complexity index is 1400. The molecule has 1 aliphatic rings. The lowest BCUT2D eigenvalue weighted by atomic mass is 9.75. The molecule has 0 spiro atoms. The smallest absolute Gasteiger partial charge is 0.309 e. The van der Waals surface area contributed by atoms with E-state index in [9.17, 15) is 18.3 Å². The van der Waals surface area contributed by atoms with E-state index in [-0.39, 0.29) is 30.0 Å². The number of sulfonamides is 1. The number of hydrogen-bond acceptors (Lipinski definition) is 7. The lowest BCUT2D eigenvalue weighted by Crippen LogP contribution is -2.36. The van der Waals surface area contributed by atoms with Gasteiger partial charge in [0.1, 0.15) is 16.7 Å². The number of thiophene rings is 1. The van der Waals surface area contributed by atoms with E-state index in [2.05, 4.69) is 10.3 Å². The van der Waals surface area contributed by atoms with Gasteiger partial charge in [0.15, 0.2) is 0 Å². The van der Waals surface area contributed by atoms with E-state index < -0.39 is 21.4 Å². The van der Waals surface area contributed by atoms with Crippen molar-refractivity contribution in [3.05, 3.63) is 57.5 Å². The van der Waals surface area contributed by atoms with Crippen LogP contribution in [0.3, 0.4) is 0 Å². The molecule has 3 heterocycles. The second-order valence-electron chi connectivity index (χ2n) is 10.3. The van der Waals surface area contributed by atoms with Crippen molar-refractivity contribution in [2.45, 2.75) is 83.9 Å². The minimum Gasteiger partial charge on any atom is -0.488 e. The highest BCUT2D eigenvalue weighted by Gasteiger charge is 2.39. The maximum atomic E-state index is 13.6. The highest BCUT2D eigenvalue weighted by Crippen LogP contribution is 2.43. The van der Waals surface area contributed by atoms with Gasteiger partial charge >= 0.3 is 5.97 Å². The number of nitrogens with zero attached hydrogens (tertiary/aromatic N) is 4. The third kappa shape index (κ3) is 5.64. The van der Waals surface area contributed by atoms with E-state index in [4.69, 9.17) is 4.74 Å². The second kappa shape index (κ2) is 11.2. The van der Waals surface area contributed by atoms with E-state index in [0.29, 0.717) is 25.0 Å². The fraction of sp³-hybridized carbons (Fsp3) is 0.519. The molecule has 0 radical (unpaired) electrons. The molecular weight excluding hydrogens is 524 g/mol. The van der Waals surface area contributed by atoms with E-state index in [0.717, 1.165) is 27.6 Å². The number of benzene rings is 1. The highest BCUT2D eigenvalue weighted by atomic mass is 32.2. The average Bonchev–Trinajstić information content (AvgIpc) is 3.46. The van der Waals surface area contributed by atoms with Crippen molar-refractivity contribution in [1.29, 1.82) is 0 Å². The van der Waals surface area contributed by atoms with Crippen LogP contribution in [0, 0.1) is 12.3 Å². The summed E-state index contributed by atoms with van der Waals surface area (Å²) in [6.45, 7) is 10.6. The molecule has 0 aliphatic carbocycles. The number of ether oxygens (including phenoxy) is 1. The molecule has 2 aromatic heterocycles. The first-order valence-corrected chi connectivity index (χ1v) is 15.2. The Kier molecular flexibility index (Phi) is 8.29. The molecule has 38 heavy (non-hydrogen) atoms. The second-order valence-corrected chi connectivity index (χ2v) is 13.5. The first kappa shape index (κ1) is 28.3. The van der Waals surface area contributed by atoms with Gasteiger partial charge in [-0.2, -0.15) is 4.31 Å². The van der Waals surface area contributed by atoms with Crippen LogP contribution < -0.4 is 4.74 Å². The molecule has 0 fully saturated rings. The quantitative estimate of drug-likeness (QED) is 0.377. The predicted molar refractivity (Wildman–Crippen MR) is 146 cm³/mol. The largest absolute Gasteiger partial charge is 0.488 e. The van der Waals surface area contributed by atoms with Crippen molar-refractivity contribution in [3.63, 3.8) is 0 Å². The summed E-state index contributed by atoms with van der Waals surface area (Å²) >= 11 is 1.54. The van der Waals surface area contributed by atoms with Crippen molar-refractivity contribution >= 4 is 27.3 Å². The summed E-state index contributed by atoms with van der Waals surface area (Å²) in [5.74, 6) is -0.771. The molecule has 206 valence electrons. The van der Waals surface area contributed by atoms with Gasteiger partial charge in [0.25, 0.3) is 0 Å². The van der Waals surface area contributed by atoms with Crippen molar-refractivity contribution < 1.29 is 23.1 Å². The Morgan fingerprint density at radius 1 is 1.29 bits per heavy atom. The van der Waals surface area contributed by atoms with Gasteiger partial charge in [0.2, 0.25) is 10.0 Å². The number of rotatable bonds is 10. The zero-order valence-corrected chi connectivity index (χ0v) is 24.2. The number of aromatic nitrogens is 3. The monoisotopic (exact) mass is 560 g/mol. The number of aliphatic carboxylic acids is 1. The fourth-order valence-electron chi connectivity index (χ4n) is 4.78. The normalized spacial score (nSPS) is 18.4. The number of aryl methyl sites for hydroxylation is 3. The number of carboxylic acids is 1. The Morgan fingerprint density at radius 3 is 2.68 bits per heavy atom. The highest BCUT2D eigenvalue weighted by molar-refractivity contribution is 7.89.